The van der Waals surface area contributed by atoms with Crippen LogP contribution in [0, 0.1) is 5.92 Å². The van der Waals surface area contributed by atoms with Gasteiger partial charge in [0.05, 0.1) is 17.4 Å². The van der Waals surface area contributed by atoms with Crippen molar-refractivity contribution in [1.29, 1.82) is 0 Å². The molecule has 2 aromatic rings. The number of benzene rings is 1. The molecule has 122 valence electrons. The quantitative estimate of drug-likeness (QED) is 0.779. The van der Waals surface area contributed by atoms with Crippen LogP contribution in [0.5, 0.6) is 5.75 Å². The van der Waals surface area contributed by atoms with E-state index in [1.54, 1.807) is 25.4 Å². The number of thioether (sulfide) groups is 1. The van der Waals surface area contributed by atoms with Gasteiger partial charge >= 0.3 is 0 Å². The number of rotatable bonds is 6. The number of pyridine rings is 1. The number of hydrogen-bond donors (Lipinski definition) is 1. The smallest absolute Gasteiger partial charge is 0.238 e. The lowest BCUT2D eigenvalue weighted by Crippen LogP contribution is -2.29. The average molecular weight is 351 g/mol. The molecular weight excluding hydrogens is 332 g/mol. The van der Waals surface area contributed by atoms with E-state index < -0.39 is 0 Å². The molecule has 23 heavy (non-hydrogen) atoms. The van der Waals surface area contributed by atoms with Crippen LogP contribution in [0.25, 0.3) is 0 Å². The van der Waals surface area contributed by atoms with Crippen LogP contribution in [0.3, 0.4) is 0 Å². The molecule has 6 heteroatoms. The summed E-state index contributed by atoms with van der Waals surface area (Å²) in [7, 11) is 1.61. The molecule has 0 aliphatic rings. The maximum atomic E-state index is 12.6. The van der Waals surface area contributed by atoms with Crippen LogP contribution in [0.2, 0.25) is 5.02 Å². The Morgan fingerprint density at radius 1 is 1.26 bits per heavy atom. The van der Waals surface area contributed by atoms with Gasteiger partial charge in [-0.05, 0) is 42.3 Å². The fourth-order valence-electron chi connectivity index (χ4n) is 1.96. The average Bonchev–Trinajstić information content (AvgIpc) is 2.54. The van der Waals surface area contributed by atoms with Gasteiger partial charge < -0.3 is 10.1 Å². The Kier molecular flexibility index (Phi) is 6.30. The second-order valence-electron chi connectivity index (χ2n) is 5.29. The van der Waals surface area contributed by atoms with Crippen LogP contribution in [-0.4, -0.2) is 23.3 Å². The molecule has 0 fully saturated rings. The summed E-state index contributed by atoms with van der Waals surface area (Å²) in [6, 6.07) is 10.8. The fourth-order valence-corrected chi connectivity index (χ4v) is 3.19. The monoisotopic (exact) mass is 350 g/mol. The van der Waals surface area contributed by atoms with Crippen molar-refractivity contribution in [3.8, 4) is 5.75 Å². The Bertz CT molecular complexity index is 662. The Balaban J connectivity index is 2.10. The molecule has 0 aliphatic heterocycles. The summed E-state index contributed by atoms with van der Waals surface area (Å²) in [4.78, 5) is 16.8. The summed E-state index contributed by atoms with van der Waals surface area (Å²) in [5.74, 6) is 0.811. The number of aromatic nitrogens is 1. The van der Waals surface area contributed by atoms with Gasteiger partial charge in [0.15, 0.2) is 0 Å². The highest BCUT2D eigenvalue weighted by molar-refractivity contribution is 8.00. The first kappa shape index (κ1) is 17.6. The fraction of sp³-hybridized carbons (Fsp3) is 0.294. The lowest BCUT2D eigenvalue weighted by Gasteiger charge is -2.20. The first-order valence-electron chi connectivity index (χ1n) is 7.23. The Hall–Kier alpha value is -1.72. The third kappa shape index (κ3) is 4.88. The molecule has 2 rings (SSSR count). The number of carbonyl (C=O) groups is 1. The normalized spacial score (nSPS) is 12.0. The molecule has 0 bridgehead atoms. The van der Waals surface area contributed by atoms with E-state index in [1.165, 1.54) is 11.8 Å². The molecule has 1 heterocycles. The minimum Gasteiger partial charge on any atom is -0.497 e. The Morgan fingerprint density at radius 3 is 2.52 bits per heavy atom. The van der Waals surface area contributed by atoms with E-state index in [-0.39, 0.29) is 17.1 Å². The van der Waals surface area contributed by atoms with Crippen LogP contribution in [0.1, 0.15) is 13.8 Å². The van der Waals surface area contributed by atoms with Gasteiger partial charge in [-0.2, -0.15) is 0 Å². The highest BCUT2D eigenvalue weighted by Crippen LogP contribution is 2.32. The van der Waals surface area contributed by atoms with Gasteiger partial charge in [0.2, 0.25) is 5.91 Å². The van der Waals surface area contributed by atoms with Gasteiger partial charge in [-0.15, -0.1) is 0 Å². The molecule has 1 atom stereocenters. The van der Waals surface area contributed by atoms with Gasteiger partial charge in [0.25, 0.3) is 0 Å². The molecule has 1 N–H and O–H groups in total. The zero-order valence-electron chi connectivity index (χ0n) is 13.2. The predicted octanol–water partition coefficient (Wildman–Crippen LogP) is 4.50. The summed E-state index contributed by atoms with van der Waals surface area (Å²) < 4.78 is 5.11. The predicted molar refractivity (Wildman–Crippen MR) is 95.4 cm³/mol. The zero-order valence-corrected chi connectivity index (χ0v) is 14.8. The van der Waals surface area contributed by atoms with Crippen molar-refractivity contribution in [1.82, 2.24) is 4.98 Å². The molecule has 0 saturated heterocycles. The van der Waals surface area contributed by atoms with Crippen LogP contribution in [0.15, 0.2) is 47.6 Å². The maximum absolute atomic E-state index is 12.6. The van der Waals surface area contributed by atoms with Crippen molar-refractivity contribution in [3.63, 3.8) is 0 Å². The number of hydrogen-bond acceptors (Lipinski definition) is 4. The summed E-state index contributed by atoms with van der Waals surface area (Å²) in [5.41, 5.74) is 0.731. The van der Waals surface area contributed by atoms with Crippen molar-refractivity contribution >= 4 is 35.0 Å². The number of halogens is 1. The number of methoxy groups -OCH3 is 1. The first-order chi connectivity index (χ1) is 11.0. The third-order valence-corrected chi connectivity index (χ3v) is 5.16. The van der Waals surface area contributed by atoms with E-state index in [1.807, 2.05) is 38.1 Å². The molecule has 0 unspecified atom stereocenters. The number of carbonyl (C=O) groups excluding carboxylic acids is 1. The molecule has 4 nitrogen and oxygen atoms in total. The lowest BCUT2D eigenvalue weighted by atomic mass is 10.1. The van der Waals surface area contributed by atoms with Crippen LogP contribution in [0.4, 0.5) is 5.69 Å². The van der Waals surface area contributed by atoms with E-state index in [2.05, 4.69) is 10.3 Å². The van der Waals surface area contributed by atoms with Crippen LogP contribution < -0.4 is 10.1 Å². The Morgan fingerprint density at radius 2 is 1.96 bits per heavy atom. The van der Waals surface area contributed by atoms with Crippen molar-refractivity contribution in [2.45, 2.75) is 24.1 Å². The number of anilines is 1. The number of ether oxygens (including phenoxy) is 1. The number of nitrogens with one attached hydrogen (secondary N) is 1. The summed E-state index contributed by atoms with van der Waals surface area (Å²) in [6.45, 7) is 4.00. The minimum absolute atomic E-state index is 0.0723. The second kappa shape index (κ2) is 8.22. The molecule has 0 spiro atoms. The van der Waals surface area contributed by atoms with Gasteiger partial charge in [0.1, 0.15) is 10.8 Å². The van der Waals surface area contributed by atoms with Crippen LogP contribution >= 0.6 is 23.4 Å². The number of amides is 1. The van der Waals surface area contributed by atoms with Gasteiger partial charge in [-0.1, -0.05) is 37.2 Å². The largest absolute Gasteiger partial charge is 0.497 e. The second-order valence-corrected chi connectivity index (χ2v) is 6.83. The SMILES string of the molecule is COc1ccc(NC(=O)[C@H](Sc2ncccc2Cl)C(C)C)cc1. The first-order valence-corrected chi connectivity index (χ1v) is 8.49. The summed E-state index contributed by atoms with van der Waals surface area (Å²) in [6.07, 6.45) is 1.67. The van der Waals surface area contributed by atoms with E-state index in [0.717, 1.165) is 11.4 Å². The highest BCUT2D eigenvalue weighted by Gasteiger charge is 2.25. The van der Waals surface area contributed by atoms with Gasteiger partial charge in [-0.25, -0.2) is 4.98 Å². The third-order valence-electron chi connectivity index (χ3n) is 3.18. The molecular formula is C17H19ClN2O2S. The molecule has 1 aromatic heterocycles. The van der Waals surface area contributed by atoms with Crippen LogP contribution in [-0.2, 0) is 4.79 Å². The molecule has 1 amide bonds. The topological polar surface area (TPSA) is 51.2 Å². The zero-order chi connectivity index (χ0) is 16.8. The van der Waals surface area contributed by atoms with E-state index >= 15 is 0 Å². The van der Waals surface area contributed by atoms with E-state index in [9.17, 15) is 4.79 Å². The standard InChI is InChI=1S/C17H19ClN2O2S/c1-11(2)15(23-17-14(18)5-4-10-19-17)16(21)20-12-6-8-13(22-3)9-7-12/h4-11,15H,1-3H3,(H,20,21)/t15-/m1/s1. The molecule has 0 aliphatic carbocycles. The van der Waals surface area contributed by atoms with Crippen molar-refractivity contribution < 1.29 is 9.53 Å². The van der Waals surface area contributed by atoms with E-state index in [4.69, 9.17) is 16.3 Å². The van der Waals surface area contributed by atoms with Crippen molar-refractivity contribution in [2.75, 3.05) is 12.4 Å². The number of nitrogens with zero attached hydrogens (tertiary/aromatic N) is 1. The Labute approximate surface area is 145 Å². The van der Waals surface area contributed by atoms with E-state index in [0.29, 0.717) is 10.0 Å². The summed E-state index contributed by atoms with van der Waals surface area (Å²) in [5, 5.41) is 3.86. The minimum atomic E-state index is -0.287. The van der Waals surface area contributed by atoms with Crippen molar-refractivity contribution in [3.05, 3.63) is 47.6 Å². The lowest BCUT2D eigenvalue weighted by molar-refractivity contribution is -0.116. The van der Waals surface area contributed by atoms with Gasteiger partial charge in [0, 0.05) is 11.9 Å². The maximum Gasteiger partial charge on any atom is 0.238 e. The summed E-state index contributed by atoms with van der Waals surface area (Å²) >= 11 is 7.52. The highest BCUT2D eigenvalue weighted by atomic mass is 35.5. The molecule has 0 radical (unpaired) electrons. The molecule has 1 aromatic carbocycles. The van der Waals surface area contributed by atoms with Gasteiger partial charge in [-0.3, -0.25) is 4.79 Å². The van der Waals surface area contributed by atoms with Crippen molar-refractivity contribution in [2.24, 2.45) is 5.92 Å². The molecule has 0 saturated carbocycles.